The molecule has 0 atom stereocenters. The Morgan fingerprint density at radius 2 is 1.78 bits per heavy atom. The van der Waals surface area contributed by atoms with Gasteiger partial charge in [0.2, 0.25) is 5.91 Å². The van der Waals surface area contributed by atoms with Crippen LogP contribution in [0.5, 0.6) is 11.6 Å². The number of aryl methyl sites for hydroxylation is 1. The third-order valence-corrected chi connectivity index (χ3v) is 4.07. The summed E-state index contributed by atoms with van der Waals surface area (Å²) in [6.07, 6.45) is 1.16. The van der Waals surface area contributed by atoms with Crippen LogP contribution in [0.25, 0.3) is 0 Å². The summed E-state index contributed by atoms with van der Waals surface area (Å²) in [6.45, 7) is 6.14. The standard InChI is InChI=1S/C22H24N2O3/c1-22(2,3)19-15-21(24-27-19)26-18-12-10-17(11-13-18)23-20(25)14-9-16-7-5-4-6-8-16/h4-8,10-13,15H,9,14H2,1-3H3,(H,23,25). The molecule has 1 heterocycles. The highest BCUT2D eigenvalue weighted by atomic mass is 16.5. The lowest BCUT2D eigenvalue weighted by molar-refractivity contribution is -0.116. The fourth-order valence-corrected chi connectivity index (χ4v) is 2.51. The molecule has 0 aliphatic heterocycles. The SMILES string of the molecule is CC(C)(C)c1cc(Oc2ccc(NC(=O)CCc3ccccc3)cc2)no1. The summed E-state index contributed by atoms with van der Waals surface area (Å²) in [5, 5.41) is 6.83. The maximum Gasteiger partial charge on any atom is 0.259 e. The molecule has 0 saturated heterocycles. The van der Waals surface area contributed by atoms with E-state index in [0.29, 0.717) is 18.1 Å². The van der Waals surface area contributed by atoms with Gasteiger partial charge in [-0.05, 0) is 41.4 Å². The van der Waals surface area contributed by atoms with E-state index >= 15 is 0 Å². The lowest BCUT2D eigenvalue weighted by Crippen LogP contribution is -2.12. The molecule has 140 valence electrons. The van der Waals surface area contributed by atoms with Crippen molar-refractivity contribution in [2.45, 2.75) is 39.0 Å². The summed E-state index contributed by atoms with van der Waals surface area (Å²) >= 11 is 0. The van der Waals surface area contributed by atoms with Gasteiger partial charge in [-0.1, -0.05) is 51.1 Å². The number of hydrogen-bond acceptors (Lipinski definition) is 4. The van der Waals surface area contributed by atoms with Crippen molar-refractivity contribution in [1.82, 2.24) is 5.16 Å². The Balaban J connectivity index is 1.52. The molecule has 5 heteroatoms. The van der Waals surface area contributed by atoms with Crippen LogP contribution in [0.4, 0.5) is 5.69 Å². The van der Waals surface area contributed by atoms with Gasteiger partial charge in [-0.3, -0.25) is 4.79 Å². The molecule has 1 amide bonds. The molecule has 0 aliphatic carbocycles. The quantitative estimate of drug-likeness (QED) is 0.641. The van der Waals surface area contributed by atoms with Crippen LogP contribution < -0.4 is 10.1 Å². The van der Waals surface area contributed by atoms with Gasteiger partial charge in [-0.2, -0.15) is 0 Å². The molecule has 0 saturated carbocycles. The van der Waals surface area contributed by atoms with Crippen LogP contribution in [0, 0.1) is 0 Å². The molecular formula is C22H24N2O3. The van der Waals surface area contributed by atoms with E-state index in [1.807, 2.05) is 51.1 Å². The second-order valence-electron chi connectivity index (χ2n) is 7.44. The molecule has 1 N–H and O–H groups in total. The Bertz CT molecular complexity index is 878. The van der Waals surface area contributed by atoms with Gasteiger partial charge in [-0.15, -0.1) is 0 Å². The second kappa shape index (κ2) is 8.08. The van der Waals surface area contributed by atoms with Crippen molar-refractivity contribution in [3.8, 4) is 11.6 Å². The summed E-state index contributed by atoms with van der Waals surface area (Å²) < 4.78 is 11.0. The molecule has 3 rings (SSSR count). The number of nitrogens with zero attached hydrogens (tertiary/aromatic N) is 1. The van der Waals surface area contributed by atoms with Crippen LogP contribution in [0.2, 0.25) is 0 Å². The van der Waals surface area contributed by atoms with E-state index in [9.17, 15) is 4.79 Å². The van der Waals surface area contributed by atoms with Gasteiger partial charge in [0.25, 0.3) is 5.88 Å². The molecule has 3 aromatic rings. The number of amides is 1. The third-order valence-electron chi connectivity index (χ3n) is 4.07. The lowest BCUT2D eigenvalue weighted by Gasteiger charge is -2.11. The van der Waals surface area contributed by atoms with Crippen molar-refractivity contribution >= 4 is 11.6 Å². The Morgan fingerprint density at radius 1 is 1.07 bits per heavy atom. The highest BCUT2D eigenvalue weighted by Crippen LogP contribution is 2.28. The number of aromatic nitrogens is 1. The minimum atomic E-state index is -0.123. The van der Waals surface area contributed by atoms with Crippen LogP contribution >= 0.6 is 0 Å². The largest absolute Gasteiger partial charge is 0.436 e. The van der Waals surface area contributed by atoms with Crippen molar-refractivity contribution in [3.63, 3.8) is 0 Å². The fourth-order valence-electron chi connectivity index (χ4n) is 2.51. The molecule has 2 aromatic carbocycles. The molecule has 0 unspecified atom stereocenters. The summed E-state index contributed by atoms with van der Waals surface area (Å²) in [5.74, 6) is 1.80. The first-order chi connectivity index (χ1) is 12.9. The summed E-state index contributed by atoms with van der Waals surface area (Å²) in [4.78, 5) is 12.1. The van der Waals surface area contributed by atoms with Crippen molar-refractivity contribution in [3.05, 3.63) is 72.0 Å². The zero-order chi connectivity index (χ0) is 19.3. The smallest absolute Gasteiger partial charge is 0.259 e. The normalized spacial score (nSPS) is 11.2. The van der Waals surface area contributed by atoms with Crippen molar-refractivity contribution < 1.29 is 14.1 Å². The van der Waals surface area contributed by atoms with Gasteiger partial charge < -0.3 is 14.6 Å². The summed E-state index contributed by atoms with van der Waals surface area (Å²) in [7, 11) is 0. The van der Waals surface area contributed by atoms with Crippen molar-refractivity contribution in [2.75, 3.05) is 5.32 Å². The van der Waals surface area contributed by atoms with E-state index in [1.165, 1.54) is 0 Å². The Hall–Kier alpha value is -3.08. The predicted molar refractivity (Wildman–Crippen MR) is 105 cm³/mol. The van der Waals surface area contributed by atoms with E-state index in [-0.39, 0.29) is 11.3 Å². The number of hydrogen-bond donors (Lipinski definition) is 1. The average molecular weight is 364 g/mol. The van der Waals surface area contributed by atoms with Gasteiger partial charge in [0.15, 0.2) is 0 Å². The van der Waals surface area contributed by atoms with Gasteiger partial charge in [-0.25, -0.2) is 0 Å². The molecule has 0 radical (unpaired) electrons. The first-order valence-corrected chi connectivity index (χ1v) is 8.99. The van der Waals surface area contributed by atoms with Crippen LogP contribution in [0.1, 0.15) is 38.5 Å². The van der Waals surface area contributed by atoms with Crippen molar-refractivity contribution in [2.24, 2.45) is 0 Å². The predicted octanol–water partition coefficient (Wildman–Crippen LogP) is 5.34. The lowest BCUT2D eigenvalue weighted by atomic mass is 9.94. The maximum absolute atomic E-state index is 12.1. The fraction of sp³-hybridized carbons (Fsp3) is 0.273. The Labute approximate surface area is 159 Å². The first kappa shape index (κ1) is 18.7. The highest BCUT2D eigenvalue weighted by Gasteiger charge is 2.20. The van der Waals surface area contributed by atoms with Crippen molar-refractivity contribution in [1.29, 1.82) is 0 Å². The molecule has 0 spiro atoms. The molecule has 0 aliphatic rings. The summed E-state index contributed by atoms with van der Waals surface area (Å²) in [5.41, 5.74) is 1.76. The number of rotatable bonds is 6. The second-order valence-corrected chi connectivity index (χ2v) is 7.44. The van der Waals surface area contributed by atoms with Crippen LogP contribution in [-0.2, 0) is 16.6 Å². The number of benzene rings is 2. The minimum Gasteiger partial charge on any atom is -0.436 e. The Morgan fingerprint density at radius 3 is 2.41 bits per heavy atom. The van der Waals surface area contributed by atoms with Gasteiger partial charge in [0.1, 0.15) is 11.5 Å². The molecule has 27 heavy (non-hydrogen) atoms. The van der Waals surface area contributed by atoms with E-state index in [0.717, 1.165) is 23.4 Å². The number of carbonyl (C=O) groups excluding carboxylic acids is 1. The van der Waals surface area contributed by atoms with Crippen LogP contribution in [-0.4, -0.2) is 11.1 Å². The first-order valence-electron chi connectivity index (χ1n) is 8.99. The average Bonchev–Trinajstić information content (AvgIpc) is 3.12. The zero-order valence-electron chi connectivity index (χ0n) is 15.9. The molecule has 0 fully saturated rings. The number of ether oxygens (including phenoxy) is 1. The number of carbonyl (C=O) groups is 1. The zero-order valence-corrected chi connectivity index (χ0v) is 15.9. The molecule has 1 aromatic heterocycles. The Kier molecular flexibility index (Phi) is 5.60. The maximum atomic E-state index is 12.1. The number of anilines is 1. The van der Waals surface area contributed by atoms with Gasteiger partial charge >= 0.3 is 0 Å². The van der Waals surface area contributed by atoms with Gasteiger partial charge in [0.05, 0.1) is 0 Å². The van der Waals surface area contributed by atoms with E-state index in [1.54, 1.807) is 30.3 Å². The topological polar surface area (TPSA) is 64.4 Å². The summed E-state index contributed by atoms with van der Waals surface area (Å²) in [6, 6.07) is 19.0. The monoisotopic (exact) mass is 364 g/mol. The molecule has 0 bridgehead atoms. The third kappa shape index (κ3) is 5.45. The minimum absolute atomic E-state index is 0.0150. The van der Waals surface area contributed by atoms with Gasteiger partial charge in [0, 0.05) is 23.6 Å². The molecule has 5 nitrogen and oxygen atoms in total. The highest BCUT2D eigenvalue weighted by molar-refractivity contribution is 5.90. The number of nitrogens with one attached hydrogen (secondary N) is 1. The van der Waals surface area contributed by atoms with E-state index in [2.05, 4.69) is 10.5 Å². The van der Waals surface area contributed by atoms with E-state index in [4.69, 9.17) is 9.26 Å². The molecular weight excluding hydrogens is 340 g/mol. The van der Waals surface area contributed by atoms with Crippen LogP contribution in [0.15, 0.2) is 65.2 Å². The van der Waals surface area contributed by atoms with Crippen LogP contribution in [0.3, 0.4) is 0 Å². The van der Waals surface area contributed by atoms with E-state index < -0.39 is 0 Å².